The van der Waals surface area contributed by atoms with Crippen molar-refractivity contribution in [2.45, 2.75) is 6.92 Å². The van der Waals surface area contributed by atoms with Gasteiger partial charge < -0.3 is 11.1 Å². The molecule has 2 rings (SSSR count). The molecular formula is C15H12ClFN2OS. The molecule has 3 nitrogen and oxygen atoms in total. The molecule has 0 fully saturated rings. The van der Waals surface area contributed by atoms with Gasteiger partial charge in [-0.25, -0.2) is 4.39 Å². The Morgan fingerprint density at radius 3 is 2.62 bits per heavy atom. The van der Waals surface area contributed by atoms with E-state index in [1.165, 1.54) is 12.1 Å². The van der Waals surface area contributed by atoms with Gasteiger partial charge in [0.05, 0.1) is 10.7 Å². The van der Waals surface area contributed by atoms with Crippen molar-refractivity contribution in [3.8, 4) is 0 Å². The summed E-state index contributed by atoms with van der Waals surface area (Å²) in [5.74, 6) is -0.905. The summed E-state index contributed by atoms with van der Waals surface area (Å²) in [6.07, 6.45) is 0. The van der Waals surface area contributed by atoms with Crippen molar-refractivity contribution >= 4 is 40.4 Å². The van der Waals surface area contributed by atoms with Crippen LogP contribution >= 0.6 is 23.8 Å². The highest BCUT2D eigenvalue weighted by molar-refractivity contribution is 7.80. The molecule has 0 spiro atoms. The fourth-order valence-electron chi connectivity index (χ4n) is 1.80. The fourth-order valence-corrected chi connectivity index (χ4v) is 2.15. The van der Waals surface area contributed by atoms with Gasteiger partial charge in [0.15, 0.2) is 0 Å². The Morgan fingerprint density at radius 2 is 2.00 bits per heavy atom. The lowest BCUT2D eigenvalue weighted by Crippen LogP contribution is -2.15. The maximum atomic E-state index is 13.2. The molecule has 0 radical (unpaired) electrons. The lowest BCUT2D eigenvalue weighted by molar-refractivity contribution is 0.102. The first-order valence-electron chi connectivity index (χ1n) is 6.05. The summed E-state index contributed by atoms with van der Waals surface area (Å²) in [5.41, 5.74) is 7.44. The highest BCUT2D eigenvalue weighted by Crippen LogP contribution is 2.24. The van der Waals surface area contributed by atoms with E-state index in [9.17, 15) is 9.18 Å². The van der Waals surface area contributed by atoms with Crippen LogP contribution in [0.15, 0.2) is 36.4 Å². The van der Waals surface area contributed by atoms with Gasteiger partial charge in [0, 0.05) is 11.1 Å². The number of halogens is 2. The number of hydrogen-bond acceptors (Lipinski definition) is 2. The number of rotatable bonds is 3. The molecule has 0 saturated carbocycles. The normalized spacial score (nSPS) is 10.2. The van der Waals surface area contributed by atoms with Gasteiger partial charge in [-0.1, -0.05) is 29.9 Å². The van der Waals surface area contributed by atoms with E-state index >= 15 is 0 Å². The van der Waals surface area contributed by atoms with E-state index in [0.717, 1.165) is 0 Å². The molecular weight excluding hydrogens is 311 g/mol. The number of nitrogens with one attached hydrogen (secondary N) is 1. The number of aryl methyl sites for hydroxylation is 1. The van der Waals surface area contributed by atoms with Crippen molar-refractivity contribution in [3.05, 3.63) is 63.9 Å². The standard InChI is InChI=1S/C15H12ClFN2OS/c1-8-2-4-10(17)7-11(8)15(20)19-13-5-3-9(14(18)21)6-12(13)16/h2-7H,1H3,(H2,18,21)(H,19,20). The maximum absolute atomic E-state index is 13.2. The molecule has 21 heavy (non-hydrogen) atoms. The number of carbonyl (C=O) groups is 1. The third-order valence-electron chi connectivity index (χ3n) is 2.95. The van der Waals surface area contributed by atoms with Gasteiger partial charge in [0.25, 0.3) is 5.91 Å². The van der Waals surface area contributed by atoms with Crippen LogP contribution in [0.4, 0.5) is 10.1 Å². The molecule has 0 heterocycles. The third kappa shape index (κ3) is 3.56. The summed E-state index contributed by atoms with van der Waals surface area (Å²) in [6.45, 7) is 1.73. The van der Waals surface area contributed by atoms with Crippen LogP contribution < -0.4 is 11.1 Å². The van der Waals surface area contributed by atoms with Crippen LogP contribution in [0.25, 0.3) is 0 Å². The van der Waals surface area contributed by atoms with Crippen molar-refractivity contribution in [1.29, 1.82) is 0 Å². The van der Waals surface area contributed by atoms with Gasteiger partial charge in [0.2, 0.25) is 0 Å². The molecule has 0 aliphatic carbocycles. The second kappa shape index (κ2) is 6.20. The number of amides is 1. The molecule has 6 heteroatoms. The smallest absolute Gasteiger partial charge is 0.256 e. The average molecular weight is 323 g/mol. The predicted octanol–water partition coefficient (Wildman–Crippen LogP) is 3.67. The van der Waals surface area contributed by atoms with Gasteiger partial charge >= 0.3 is 0 Å². The lowest BCUT2D eigenvalue weighted by Gasteiger charge is -2.10. The summed E-state index contributed by atoms with van der Waals surface area (Å²) < 4.78 is 13.2. The van der Waals surface area contributed by atoms with Crippen LogP contribution in [-0.4, -0.2) is 10.9 Å². The Balaban J connectivity index is 2.27. The molecule has 0 saturated heterocycles. The molecule has 0 atom stereocenters. The van der Waals surface area contributed by atoms with Crippen LogP contribution in [0, 0.1) is 12.7 Å². The maximum Gasteiger partial charge on any atom is 0.256 e. The quantitative estimate of drug-likeness (QED) is 0.848. The first kappa shape index (κ1) is 15.4. The zero-order valence-electron chi connectivity index (χ0n) is 11.1. The zero-order chi connectivity index (χ0) is 15.6. The number of carbonyl (C=O) groups excluding carboxylic acids is 1. The highest BCUT2D eigenvalue weighted by atomic mass is 35.5. The summed E-state index contributed by atoms with van der Waals surface area (Å²) in [7, 11) is 0. The average Bonchev–Trinajstić information content (AvgIpc) is 2.43. The second-order valence-electron chi connectivity index (χ2n) is 4.47. The summed E-state index contributed by atoms with van der Waals surface area (Å²) in [4.78, 5) is 12.4. The molecule has 0 bridgehead atoms. The molecule has 2 aromatic carbocycles. The number of thiocarbonyl (C=S) groups is 1. The highest BCUT2D eigenvalue weighted by Gasteiger charge is 2.12. The summed E-state index contributed by atoms with van der Waals surface area (Å²) in [6, 6.07) is 8.85. The van der Waals surface area contributed by atoms with Crippen molar-refractivity contribution in [1.82, 2.24) is 0 Å². The first-order valence-corrected chi connectivity index (χ1v) is 6.84. The largest absolute Gasteiger partial charge is 0.389 e. The van der Waals surface area contributed by atoms with E-state index in [2.05, 4.69) is 5.32 Å². The Labute approximate surface area is 131 Å². The Kier molecular flexibility index (Phi) is 4.55. The molecule has 2 aromatic rings. The van der Waals surface area contributed by atoms with E-state index in [0.29, 0.717) is 21.8 Å². The number of hydrogen-bond donors (Lipinski definition) is 2. The van der Waals surface area contributed by atoms with Crippen LogP contribution in [0.2, 0.25) is 5.02 Å². The van der Waals surface area contributed by atoms with E-state index in [-0.39, 0.29) is 10.6 Å². The molecule has 0 aliphatic heterocycles. The van der Waals surface area contributed by atoms with Crippen molar-refractivity contribution in [2.24, 2.45) is 5.73 Å². The second-order valence-corrected chi connectivity index (χ2v) is 5.32. The molecule has 108 valence electrons. The van der Waals surface area contributed by atoms with E-state index in [4.69, 9.17) is 29.6 Å². The molecule has 0 aliphatic rings. The predicted molar refractivity (Wildman–Crippen MR) is 86.4 cm³/mol. The van der Waals surface area contributed by atoms with Gasteiger partial charge in [-0.3, -0.25) is 4.79 Å². The number of anilines is 1. The molecule has 3 N–H and O–H groups in total. The van der Waals surface area contributed by atoms with Gasteiger partial charge in [0.1, 0.15) is 10.8 Å². The van der Waals surface area contributed by atoms with E-state index in [1.54, 1.807) is 31.2 Å². The SMILES string of the molecule is Cc1ccc(F)cc1C(=O)Nc1ccc(C(N)=S)cc1Cl. The number of nitrogens with two attached hydrogens (primary N) is 1. The minimum atomic E-state index is -0.472. The van der Waals surface area contributed by atoms with E-state index < -0.39 is 11.7 Å². The van der Waals surface area contributed by atoms with Crippen molar-refractivity contribution in [3.63, 3.8) is 0 Å². The van der Waals surface area contributed by atoms with Crippen LogP contribution in [-0.2, 0) is 0 Å². The van der Waals surface area contributed by atoms with Crippen LogP contribution in [0.1, 0.15) is 21.5 Å². The minimum absolute atomic E-state index is 0.218. The molecule has 0 aromatic heterocycles. The van der Waals surface area contributed by atoms with Crippen LogP contribution in [0.5, 0.6) is 0 Å². The monoisotopic (exact) mass is 322 g/mol. The molecule has 0 unspecified atom stereocenters. The first-order chi connectivity index (χ1) is 9.88. The molecule has 1 amide bonds. The fraction of sp³-hybridized carbons (Fsp3) is 0.0667. The Hall–Kier alpha value is -1.98. The number of benzene rings is 2. The third-order valence-corrected chi connectivity index (χ3v) is 3.49. The van der Waals surface area contributed by atoms with E-state index in [1.807, 2.05) is 0 Å². The summed E-state index contributed by atoms with van der Waals surface area (Å²) in [5, 5.41) is 2.95. The zero-order valence-corrected chi connectivity index (χ0v) is 12.7. The minimum Gasteiger partial charge on any atom is -0.389 e. The van der Waals surface area contributed by atoms with Gasteiger partial charge in [-0.2, -0.15) is 0 Å². The van der Waals surface area contributed by atoms with Crippen molar-refractivity contribution in [2.75, 3.05) is 5.32 Å². The topological polar surface area (TPSA) is 55.1 Å². The Morgan fingerprint density at radius 1 is 1.29 bits per heavy atom. The Bertz CT molecular complexity index is 734. The van der Waals surface area contributed by atoms with Gasteiger partial charge in [-0.05, 0) is 42.8 Å². The summed E-state index contributed by atoms with van der Waals surface area (Å²) >= 11 is 10.9. The lowest BCUT2D eigenvalue weighted by atomic mass is 10.1. The van der Waals surface area contributed by atoms with Crippen LogP contribution in [0.3, 0.4) is 0 Å². The van der Waals surface area contributed by atoms with Gasteiger partial charge in [-0.15, -0.1) is 0 Å². The van der Waals surface area contributed by atoms with Crippen molar-refractivity contribution < 1.29 is 9.18 Å².